The van der Waals surface area contributed by atoms with Crippen molar-refractivity contribution in [2.75, 3.05) is 4.72 Å². The van der Waals surface area contributed by atoms with Crippen LogP contribution in [0.25, 0.3) is 22.3 Å². The molecule has 4 heteroatoms. The Morgan fingerprint density at radius 3 is 1.91 bits per heavy atom. The second-order valence-electron chi connectivity index (χ2n) is 8.71. The van der Waals surface area contributed by atoms with Gasteiger partial charge in [-0.15, -0.1) is 0 Å². The zero-order chi connectivity index (χ0) is 22.7. The van der Waals surface area contributed by atoms with E-state index in [1.807, 2.05) is 18.2 Å². The van der Waals surface area contributed by atoms with E-state index in [0.29, 0.717) is 10.0 Å². The quantitative estimate of drug-likeness (QED) is 0.287. The Bertz CT molecular complexity index is 1220. The summed E-state index contributed by atoms with van der Waals surface area (Å²) in [5.41, 5.74) is 7.01. The van der Waals surface area contributed by atoms with Crippen molar-refractivity contribution < 1.29 is 0 Å². The third kappa shape index (κ3) is 5.15. The topological polar surface area (TPSA) is 12.0 Å². The molecule has 0 aliphatic carbocycles. The summed E-state index contributed by atoms with van der Waals surface area (Å²) in [5, 5.41) is 1.27. The zero-order valence-corrected chi connectivity index (χ0v) is 20.7. The number of halogens is 2. The van der Waals surface area contributed by atoms with E-state index in [1.165, 1.54) is 34.2 Å². The van der Waals surface area contributed by atoms with E-state index in [2.05, 4.69) is 92.2 Å². The van der Waals surface area contributed by atoms with Gasteiger partial charge in [0.05, 0.1) is 10.7 Å². The van der Waals surface area contributed by atoms with Gasteiger partial charge in [-0.2, -0.15) is 0 Å². The first-order valence-electron chi connectivity index (χ1n) is 10.5. The van der Waals surface area contributed by atoms with Crippen molar-refractivity contribution in [3.05, 3.63) is 107 Å². The van der Waals surface area contributed by atoms with Gasteiger partial charge in [0.2, 0.25) is 0 Å². The summed E-state index contributed by atoms with van der Waals surface area (Å²) in [5.74, 6) is 0. The molecular formula is C28H25Cl2NS. The minimum absolute atomic E-state index is 0.0684. The molecule has 32 heavy (non-hydrogen) atoms. The molecule has 0 aliphatic rings. The molecule has 0 unspecified atom stereocenters. The van der Waals surface area contributed by atoms with Gasteiger partial charge in [-0.3, -0.25) is 0 Å². The lowest BCUT2D eigenvalue weighted by molar-refractivity contribution is 0.593. The normalized spacial score (nSPS) is 11.4. The molecule has 0 saturated carbocycles. The fraction of sp³-hybridized carbons (Fsp3) is 0.143. The van der Waals surface area contributed by atoms with Gasteiger partial charge in [-0.1, -0.05) is 105 Å². The lowest BCUT2D eigenvalue weighted by atomic mass is 9.81. The van der Waals surface area contributed by atoms with E-state index in [-0.39, 0.29) is 5.41 Å². The predicted octanol–water partition coefficient (Wildman–Crippen LogP) is 9.74. The SMILES string of the molecule is CC(C)(C)c1cc(-c2ccccc2)cc(-c2ccccc2)c1NSc1ccc(Cl)cc1Cl. The number of benzene rings is 4. The van der Waals surface area contributed by atoms with Crippen LogP contribution in [0.5, 0.6) is 0 Å². The van der Waals surface area contributed by atoms with Crippen molar-refractivity contribution in [2.45, 2.75) is 31.1 Å². The highest BCUT2D eigenvalue weighted by atomic mass is 35.5. The summed E-state index contributed by atoms with van der Waals surface area (Å²) < 4.78 is 3.63. The number of anilines is 1. The van der Waals surface area contributed by atoms with Gasteiger partial charge in [0.15, 0.2) is 0 Å². The highest BCUT2D eigenvalue weighted by molar-refractivity contribution is 8.00. The molecule has 0 aromatic heterocycles. The third-order valence-corrected chi connectivity index (χ3v) is 6.84. The Labute approximate surface area is 204 Å². The maximum atomic E-state index is 6.44. The Morgan fingerprint density at radius 2 is 1.31 bits per heavy atom. The molecule has 1 N–H and O–H groups in total. The molecule has 0 heterocycles. The molecule has 0 radical (unpaired) electrons. The molecule has 0 atom stereocenters. The molecule has 0 fully saturated rings. The van der Waals surface area contributed by atoms with Gasteiger partial charge in [-0.05, 0) is 69.9 Å². The predicted molar refractivity (Wildman–Crippen MR) is 142 cm³/mol. The van der Waals surface area contributed by atoms with Crippen LogP contribution in [0.15, 0.2) is 95.9 Å². The van der Waals surface area contributed by atoms with Crippen molar-refractivity contribution in [3.8, 4) is 22.3 Å². The molecule has 0 amide bonds. The monoisotopic (exact) mass is 477 g/mol. The van der Waals surface area contributed by atoms with Crippen LogP contribution in [0, 0.1) is 0 Å². The lowest BCUT2D eigenvalue weighted by Crippen LogP contribution is -2.14. The van der Waals surface area contributed by atoms with Gasteiger partial charge >= 0.3 is 0 Å². The minimum Gasteiger partial charge on any atom is -0.325 e. The van der Waals surface area contributed by atoms with E-state index >= 15 is 0 Å². The fourth-order valence-electron chi connectivity index (χ4n) is 3.65. The minimum atomic E-state index is -0.0684. The molecule has 0 spiro atoms. The average Bonchev–Trinajstić information content (AvgIpc) is 2.78. The van der Waals surface area contributed by atoms with Crippen LogP contribution in [-0.4, -0.2) is 0 Å². The van der Waals surface area contributed by atoms with Crippen molar-refractivity contribution in [1.29, 1.82) is 0 Å². The molecule has 4 aromatic carbocycles. The van der Waals surface area contributed by atoms with Crippen LogP contribution in [0.3, 0.4) is 0 Å². The summed E-state index contributed by atoms with van der Waals surface area (Å²) in [7, 11) is 0. The van der Waals surface area contributed by atoms with Crippen molar-refractivity contribution in [3.63, 3.8) is 0 Å². The van der Waals surface area contributed by atoms with Crippen LogP contribution in [0.4, 0.5) is 5.69 Å². The smallest absolute Gasteiger partial charge is 0.0574 e. The van der Waals surface area contributed by atoms with E-state index in [4.69, 9.17) is 23.2 Å². The molecule has 0 bridgehead atoms. The summed E-state index contributed by atoms with van der Waals surface area (Å²) in [6.07, 6.45) is 0. The highest BCUT2D eigenvalue weighted by Crippen LogP contribution is 2.43. The Hall–Kier alpha value is -2.39. The summed E-state index contributed by atoms with van der Waals surface area (Å²) in [6, 6.07) is 31.2. The highest BCUT2D eigenvalue weighted by Gasteiger charge is 2.23. The van der Waals surface area contributed by atoms with Crippen LogP contribution in [0.2, 0.25) is 10.0 Å². The molecule has 4 rings (SSSR count). The number of nitrogens with one attached hydrogen (secondary N) is 1. The molecular weight excluding hydrogens is 453 g/mol. The molecule has 0 aliphatic heterocycles. The third-order valence-electron chi connectivity index (χ3n) is 5.30. The molecule has 1 nitrogen and oxygen atoms in total. The van der Waals surface area contributed by atoms with Crippen LogP contribution < -0.4 is 4.72 Å². The molecule has 4 aromatic rings. The van der Waals surface area contributed by atoms with Gasteiger partial charge in [0, 0.05) is 15.5 Å². The van der Waals surface area contributed by atoms with E-state index in [0.717, 1.165) is 16.1 Å². The van der Waals surface area contributed by atoms with Gasteiger partial charge in [0.1, 0.15) is 0 Å². The van der Waals surface area contributed by atoms with E-state index in [1.54, 1.807) is 6.07 Å². The maximum Gasteiger partial charge on any atom is 0.0574 e. The van der Waals surface area contributed by atoms with Gasteiger partial charge in [-0.25, -0.2) is 0 Å². The number of rotatable bonds is 5. The summed E-state index contributed by atoms with van der Waals surface area (Å²) in [6.45, 7) is 6.74. The zero-order valence-electron chi connectivity index (χ0n) is 18.3. The summed E-state index contributed by atoms with van der Waals surface area (Å²) >= 11 is 14.0. The largest absolute Gasteiger partial charge is 0.325 e. The fourth-order valence-corrected chi connectivity index (χ4v) is 4.90. The second kappa shape index (κ2) is 9.62. The van der Waals surface area contributed by atoms with E-state index < -0.39 is 0 Å². The summed E-state index contributed by atoms with van der Waals surface area (Å²) in [4.78, 5) is 0.932. The Kier molecular flexibility index (Phi) is 6.85. The van der Waals surface area contributed by atoms with E-state index in [9.17, 15) is 0 Å². The van der Waals surface area contributed by atoms with Crippen molar-refractivity contribution in [2.24, 2.45) is 0 Å². The van der Waals surface area contributed by atoms with Crippen LogP contribution >= 0.6 is 35.1 Å². The Morgan fingerprint density at radius 1 is 0.688 bits per heavy atom. The first-order chi connectivity index (χ1) is 15.3. The van der Waals surface area contributed by atoms with Crippen LogP contribution in [-0.2, 0) is 5.41 Å². The lowest BCUT2D eigenvalue weighted by Gasteiger charge is -2.27. The van der Waals surface area contributed by atoms with Crippen molar-refractivity contribution >= 4 is 40.8 Å². The molecule has 162 valence electrons. The Balaban J connectivity index is 1.88. The number of hydrogen-bond acceptors (Lipinski definition) is 2. The van der Waals surface area contributed by atoms with Gasteiger partial charge in [0.25, 0.3) is 0 Å². The van der Waals surface area contributed by atoms with Crippen molar-refractivity contribution in [1.82, 2.24) is 0 Å². The molecule has 0 saturated heterocycles. The number of hydrogen-bond donors (Lipinski definition) is 1. The standard InChI is InChI=1S/C28H25Cl2NS/c1-28(2,3)24-17-21(19-10-6-4-7-11-19)16-23(20-12-8-5-9-13-20)27(24)31-32-26-15-14-22(29)18-25(26)30/h4-18,31H,1-3H3. The average molecular weight is 478 g/mol. The van der Waals surface area contributed by atoms with Crippen LogP contribution in [0.1, 0.15) is 26.3 Å². The maximum absolute atomic E-state index is 6.44. The van der Waals surface area contributed by atoms with Gasteiger partial charge < -0.3 is 4.72 Å². The first kappa shape index (κ1) is 22.8. The second-order valence-corrected chi connectivity index (χ2v) is 10.4. The first-order valence-corrected chi connectivity index (χ1v) is 12.1.